The summed E-state index contributed by atoms with van der Waals surface area (Å²) in [6, 6.07) is 60.3. The zero-order chi connectivity index (χ0) is 36.1. The first-order valence-corrected chi connectivity index (χ1v) is 20.5. The summed E-state index contributed by atoms with van der Waals surface area (Å²) in [6.45, 7) is 13.4. The van der Waals surface area contributed by atoms with E-state index in [-0.39, 0.29) is 22.4 Å². The smallest absolute Gasteiger partial charge is 0.112 e. The van der Waals surface area contributed by atoms with Gasteiger partial charge in [-0.3, -0.25) is 0 Å². The third kappa shape index (κ3) is 11.5. The van der Waals surface area contributed by atoms with E-state index in [0.29, 0.717) is 5.92 Å². The number of hydrogen-bond acceptors (Lipinski definition) is 0. The van der Waals surface area contributed by atoms with Gasteiger partial charge >= 0.3 is 0 Å². The quantitative estimate of drug-likeness (QED) is 0.0914. The number of hydrogen-bond donors (Lipinski definition) is 0. The predicted octanol–water partition coefficient (Wildman–Crippen LogP) is 8.81. The summed E-state index contributed by atoms with van der Waals surface area (Å²) in [7, 11) is -1.73. The Balaban J connectivity index is 0.000000233. The second kappa shape index (κ2) is 19.7. The van der Waals surface area contributed by atoms with Crippen LogP contribution in [-0.4, -0.2) is 6.16 Å². The van der Waals surface area contributed by atoms with E-state index in [0.717, 1.165) is 25.4 Å². The van der Waals surface area contributed by atoms with Crippen molar-refractivity contribution in [2.24, 2.45) is 5.92 Å². The molecule has 0 saturated heterocycles. The van der Waals surface area contributed by atoms with Gasteiger partial charge < -0.3 is 17.0 Å². The van der Waals surface area contributed by atoms with Crippen LogP contribution < -0.4 is 32.9 Å². The zero-order valence-corrected chi connectivity index (χ0v) is 34.5. The topological polar surface area (TPSA) is 0 Å². The van der Waals surface area contributed by atoms with Gasteiger partial charge in [0.05, 0.1) is 6.16 Å². The van der Waals surface area contributed by atoms with E-state index in [1.54, 1.807) is 0 Å². The Morgan fingerprint density at radius 3 is 1.35 bits per heavy atom. The molecule has 2 heteroatoms. The summed E-state index contributed by atoms with van der Waals surface area (Å²) < 4.78 is 0. The number of halogens is 1. The minimum Gasteiger partial charge on any atom is -1.00 e. The Morgan fingerprint density at radius 1 is 0.519 bits per heavy atom. The maximum atomic E-state index is 2.34. The molecule has 0 spiro atoms. The average molecular weight is 768 g/mol. The Morgan fingerprint density at radius 2 is 0.923 bits per heavy atom. The molecule has 0 aromatic heterocycles. The van der Waals surface area contributed by atoms with Crippen molar-refractivity contribution in [2.75, 3.05) is 6.16 Å². The van der Waals surface area contributed by atoms with Crippen molar-refractivity contribution in [2.45, 2.75) is 66.2 Å². The SMILES string of the molecule is Cc1ccc(CC=CC(C)Cc2ccc(C(C)(C)C)cc2)cc1.Cc1ccc(CC[P+](c2ccccc2)(c2ccccc2)c2ccccc2)cc1.[Br-]. The van der Waals surface area contributed by atoms with Crippen molar-refractivity contribution in [3.8, 4) is 0 Å². The van der Waals surface area contributed by atoms with Gasteiger partial charge in [0.2, 0.25) is 0 Å². The van der Waals surface area contributed by atoms with Gasteiger partial charge in [0.1, 0.15) is 23.2 Å². The molecule has 0 aliphatic heterocycles. The van der Waals surface area contributed by atoms with Crippen molar-refractivity contribution in [3.05, 3.63) is 209 Å². The van der Waals surface area contributed by atoms with Gasteiger partial charge in [-0.05, 0) is 96.7 Å². The number of allylic oxidation sites excluding steroid dienone is 2. The molecule has 268 valence electrons. The average Bonchev–Trinajstić information content (AvgIpc) is 3.15. The fraction of sp³-hybridized carbons (Fsp3) is 0.240. The second-order valence-corrected chi connectivity index (χ2v) is 18.6. The molecule has 0 saturated carbocycles. The Bertz CT molecular complexity index is 1810. The van der Waals surface area contributed by atoms with E-state index >= 15 is 0 Å². The fourth-order valence-electron chi connectivity index (χ4n) is 6.67. The van der Waals surface area contributed by atoms with E-state index in [9.17, 15) is 0 Å². The summed E-state index contributed by atoms with van der Waals surface area (Å²) in [4.78, 5) is 0. The van der Waals surface area contributed by atoms with Crippen LogP contribution in [0.15, 0.2) is 176 Å². The van der Waals surface area contributed by atoms with Gasteiger partial charge in [0.15, 0.2) is 0 Å². The van der Waals surface area contributed by atoms with Crippen LogP contribution in [0, 0.1) is 19.8 Å². The molecule has 0 aliphatic carbocycles. The van der Waals surface area contributed by atoms with Crippen molar-refractivity contribution >= 4 is 23.2 Å². The third-order valence-electron chi connectivity index (χ3n) is 9.76. The maximum Gasteiger partial charge on any atom is 0.112 e. The summed E-state index contributed by atoms with van der Waals surface area (Å²) in [5.74, 6) is 0.570. The van der Waals surface area contributed by atoms with E-state index < -0.39 is 7.26 Å². The monoisotopic (exact) mass is 766 g/mol. The first-order chi connectivity index (χ1) is 24.6. The summed E-state index contributed by atoms with van der Waals surface area (Å²) >= 11 is 0. The number of rotatable bonds is 11. The third-order valence-corrected chi connectivity index (χ3v) is 14.2. The van der Waals surface area contributed by atoms with Gasteiger partial charge in [0.25, 0.3) is 0 Å². The minimum atomic E-state index is -1.73. The highest BCUT2D eigenvalue weighted by Crippen LogP contribution is 2.55. The lowest BCUT2D eigenvalue weighted by Crippen LogP contribution is -3.00. The molecule has 0 heterocycles. The van der Waals surface area contributed by atoms with Gasteiger partial charge in [-0.15, -0.1) is 0 Å². The maximum absolute atomic E-state index is 2.34. The Labute approximate surface area is 326 Å². The van der Waals surface area contributed by atoms with Crippen LogP contribution in [0.1, 0.15) is 61.1 Å². The normalized spacial score (nSPS) is 12.0. The lowest BCUT2D eigenvalue weighted by molar-refractivity contribution is -0.0000108. The van der Waals surface area contributed by atoms with E-state index in [1.165, 1.54) is 49.3 Å². The fourth-order valence-corrected chi connectivity index (χ4v) is 11.0. The van der Waals surface area contributed by atoms with Gasteiger partial charge in [0, 0.05) is 6.42 Å². The standard InChI is InChI=1S/C27H26P.C23H30.BrH/c1-23-17-19-24(20-18-23)21-22-28(25-11-5-2-6-12-25,26-13-7-3-8-14-26)27-15-9-4-10-16-27;1-18-9-11-20(12-10-18)8-6-7-19(2)17-21-13-15-22(16-14-21)23(3,4)5;/h2-20H,21-22H2,1H3;6-7,9-16,19H,8,17H2,1-5H3;1H/q+1;;/p-1. The first-order valence-electron chi connectivity index (χ1n) is 18.6. The first kappa shape index (κ1) is 40.7. The molecule has 0 nitrogen and oxygen atoms in total. The Kier molecular flexibility index (Phi) is 15.4. The summed E-state index contributed by atoms with van der Waals surface area (Å²) in [6.07, 6.45) is 8.99. The molecule has 6 aromatic carbocycles. The van der Waals surface area contributed by atoms with Crippen LogP contribution in [0.3, 0.4) is 0 Å². The molecule has 0 aliphatic rings. The second-order valence-electron chi connectivity index (χ2n) is 15.0. The van der Waals surface area contributed by atoms with Crippen molar-refractivity contribution in [3.63, 3.8) is 0 Å². The molecule has 6 aromatic rings. The molecular weight excluding hydrogens is 711 g/mol. The van der Waals surface area contributed by atoms with E-state index in [1.807, 2.05) is 0 Å². The highest BCUT2D eigenvalue weighted by Gasteiger charge is 2.44. The molecule has 6 rings (SSSR count). The minimum absolute atomic E-state index is 0. The van der Waals surface area contributed by atoms with Crippen LogP contribution in [0.5, 0.6) is 0 Å². The summed E-state index contributed by atoms with van der Waals surface area (Å²) in [5.41, 5.74) is 8.50. The number of aryl methyl sites for hydroxylation is 3. The lowest BCUT2D eigenvalue weighted by Gasteiger charge is -2.27. The van der Waals surface area contributed by atoms with Gasteiger partial charge in [-0.1, -0.05) is 178 Å². The highest BCUT2D eigenvalue weighted by molar-refractivity contribution is 7.95. The largest absolute Gasteiger partial charge is 1.00 e. The van der Waals surface area contributed by atoms with Crippen LogP contribution in [-0.2, 0) is 24.7 Å². The van der Waals surface area contributed by atoms with Crippen molar-refractivity contribution < 1.29 is 17.0 Å². The van der Waals surface area contributed by atoms with Crippen molar-refractivity contribution in [1.29, 1.82) is 0 Å². The molecule has 0 bridgehead atoms. The zero-order valence-electron chi connectivity index (χ0n) is 32.0. The van der Waals surface area contributed by atoms with E-state index in [2.05, 4.69) is 217 Å². The van der Waals surface area contributed by atoms with Crippen LogP contribution in [0.2, 0.25) is 0 Å². The van der Waals surface area contributed by atoms with Crippen LogP contribution >= 0.6 is 7.26 Å². The molecule has 1 atom stereocenters. The predicted molar refractivity (Wildman–Crippen MR) is 227 cm³/mol. The van der Waals surface area contributed by atoms with Gasteiger partial charge in [-0.2, -0.15) is 0 Å². The van der Waals surface area contributed by atoms with Crippen LogP contribution in [0.25, 0.3) is 0 Å². The molecule has 0 radical (unpaired) electrons. The molecule has 0 N–H and O–H groups in total. The molecule has 0 amide bonds. The number of benzene rings is 6. The summed E-state index contributed by atoms with van der Waals surface area (Å²) in [5, 5.41) is 4.37. The molecular formula is C50H56BrP. The van der Waals surface area contributed by atoms with E-state index in [4.69, 9.17) is 0 Å². The lowest BCUT2D eigenvalue weighted by atomic mass is 9.86. The molecule has 52 heavy (non-hydrogen) atoms. The van der Waals surface area contributed by atoms with Crippen LogP contribution in [0.4, 0.5) is 0 Å². The Hall–Kier alpha value is -4.03. The van der Waals surface area contributed by atoms with Crippen molar-refractivity contribution in [1.82, 2.24) is 0 Å². The molecule has 1 unspecified atom stereocenters. The highest BCUT2D eigenvalue weighted by atomic mass is 79.9. The van der Waals surface area contributed by atoms with Gasteiger partial charge in [-0.25, -0.2) is 0 Å². The molecule has 0 fully saturated rings.